The van der Waals surface area contributed by atoms with Crippen molar-refractivity contribution in [3.05, 3.63) is 58.7 Å². The third-order valence-electron chi connectivity index (χ3n) is 3.37. The van der Waals surface area contributed by atoms with Gasteiger partial charge in [0.15, 0.2) is 0 Å². The Kier molecular flexibility index (Phi) is 3.68. The molecule has 0 spiro atoms. The molecule has 1 heterocycles. The number of nitro groups is 1. The number of nitro benzene ring substituents is 1. The molecule has 0 saturated carbocycles. The van der Waals surface area contributed by atoms with E-state index >= 15 is 0 Å². The molecule has 0 aliphatic heterocycles. The van der Waals surface area contributed by atoms with Gasteiger partial charge >= 0.3 is 0 Å². The van der Waals surface area contributed by atoms with Crippen LogP contribution in [-0.2, 0) is 10.0 Å². The number of hydrogen-bond acceptors (Lipinski definition) is 6. The first-order chi connectivity index (χ1) is 11.3. The fraction of sp³-hybridized carbons (Fsp3) is 0.0714. The number of ether oxygens (including phenoxy) is 1. The van der Waals surface area contributed by atoms with Crippen molar-refractivity contribution in [2.75, 3.05) is 7.11 Å². The van der Waals surface area contributed by atoms with E-state index in [0.29, 0.717) is 0 Å². The molecule has 3 rings (SSSR count). The summed E-state index contributed by atoms with van der Waals surface area (Å²) in [6, 6.07) is 6.71. The van der Waals surface area contributed by atoms with E-state index in [1.807, 2.05) is 0 Å². The van der Waals surface area contributed by atoms with Crippen molar-refractivity contribution >= 4 is 26.7 Å². The Hall–Kier alpha value is -3.01. The molecule has 2 aromatic carbocycles. The monoisotopic (exact) mass is 351 g/mol. The molecule has 0 radical (unpaired) electrons. The number of methoxy groups -OCH3 is 1. The normalized spacial score (nSPS) is 11.6. The van der Waals surface area contributed by atoms with Crippen molar-refractivity contribution in [2.24, 2.45) is 0 Å². The second kappa shape index (κ2) is 5.57. The third-order valence-corrected chi connectivity index (χ3v) is 5.06. The number of halogens is 1. The zero-order valence-corrected chi connectivity index (χ0v) is 13.0. The first-order valence-corrected chi connectivity index (χ1v) is 7.99. The maximum absolute atomic E-state index is 13.5. The maximum Gasteiger partial charge on any atom is 0.273 e. The Labute approximate surface area is 135 Å². The molecule has 0 aliphatic rings. The van der Waals surface area contributed by atoms with Crippen LogP contribution in [0.25, 0.3) is 11.0 Å². The molecule has 10 heteroatoms. The third kappa shape index (κ3) is 2.46. The molecule has 0 bridgehead atoms. The summed E-state index contributed by atoms with van der Waals surface area (Å²) in [5.41, 5.74) is 0.0449. The minimum absolute atomic E-state index is 0.0276. The lowest BCUT2D eigenvalue weighted by atomic mass is 10.3. The van der Waals surface area contributed by atoms with E-state index in [4.69, 9.17) is 4.74 Å². The highest BCUT2D eigenvalue weighted by Gasteiger charge is 2.25. The van der Waals surface area contributed by atoms with Crippen LogP contribution in [0.3, 0.4) is 0 Å². The molecule has 0 unspecified atom stereocenters. The number of fused-ring (bicyclic) bond motifs is 1. The van der Waals surface area contributed by atoms with Gasteiger partial charge in [-0.15, -0.1) is 0 Å². The highest BCUT2D eigenvalue weighted by Crippen LogP contribution is 2.29. The SMILES string of the molecule is COc1ccc(F)cc1S(=O)(=O)n1cnc2cc([N+](=O)[O-])ccc21. The average molecular weight is 351 g/mol. The highest BCUT2D eigenvalue weighted by atomic mass is 32.2. The van der Waals surface area contributed by atoms with Gasteiger partial charge in [-0.3, -0.25) is 10.1 Å². The highest BCUT2D eigenvalue weighted by molar-refractivity contribution is 7.90. The second-order valence-electron chi connectivity index (χ2n) is 4.77. The van der Waals surface area contributed by atoms with Crippen LogP contribution in [-0.4, -0.2) is 29.4 Å². The summed E-state index contributed by atoms with van der Waals surface area (Å²) in [6.45, 7) is 0. The number of imidazole rings is 1. The lowest BCUT2D eigenvalue weighted by Crippen LogP contribution is -2.13. The van der Waals surface area contributed by atoms with Crippen LogP contribution >= 0.6 is 0 Å². The van der Waals surface area contributed by atoms with Crippen LogP contribution in [0.15, 0.2) is 47.6 Å². The van der Waals surface area contributed by atoms with Crippen molar-refractivity contribution in [1.29, 1.82) is 0 Å². The average Bonchev–Trinajstić information content (AvgIpc) is 2.98. The summed E-state index contributed by atoms with van der Waals surface area (Å²) < 4.78 is 44.9. The van der Waals surface area contributed by atoms with E-state index in [-0.39, 0.29) is 27.4 Å². The van der Waals surface area contributed by atoms with Crippen molar-refractivity contribution < 1.29 is 22.5 Å². The summed E-state index contributed by atoms with van der Waals surface area (Å²) in [4.78, 5) is 13.7. The minimum atomic E-state index is -4.20. The van der Waals surface area contributed by atoms with Gasteiger partial charge in [-0.25, -0.2) is 21.8 Å². The first-order valence-electron chi connectivity index (χ1n) is 6.55. The molecule has 1 aromatic heterocycles. The van der Waals surface area contributed by atoms with Crippen LogP contribution in [0.4, 0.5) is 10.1 Å². The molecule has 0 fully saturated rings. The van der Waals surface area contributed by atoms with E-state index in [0.717, 1.165) is 28.5 Å². The number of rotatable bonds is 4. The molecule has 0 atom stereocenters. The van der Waals surface area contributed by atoms with E-state index in [2.05, 4.69) is 4.98 Å². The molecule has 24 heavy (non-hydrogen) atoms. The fourth-order valence-corrected chi connectivity index (χ4v) is 3.71. The first kappa shape index (κ1) is 15.9. The van der Waals surface area contributed by atoms with Gasteiger partial charge in [-0.1, -0.05) is 0 Å². The Morgan fingerprint density at radius 2 is 2.00 bits per heavy atom. The standard InChI is InChI=1S/C14H10FN3O5S/c1-23-13-5-2-9(15)6-14(13)24(21,22)17-8-16-11-7-10(18(19)20)3-4-12(11)17/h2-8H,1H3. The molecule has 3 aromatic rings. The lowest BCUT2D eigenvalue weighted by Gasteiger charge is -2.10. The maximum atomic E-state index is 13.5. The van der Waals surface area contributed by atoms with Crippen LogP contribution < -0.4 is 4.74 Å². The zero-order chi connectivity index (χ0) is 17.5. The van der Waals surface area contributed by atoms with Gasteiger partial charge in [0.05, 0.1) is 23.1 Å². The van der Waals surface area contributed by atoms with Gasteiger partial charge in [0, 0.05) is 12.1 Å². The van der Waals surface area contributed by atoms with E-state index < -0.39 is 20.8 Å². The molecule has 0 amide bonds. The smallest absolute Gasteiger partial charge is 0.273 e. The zero-order valence-electron chi connectivity index (χ0n) is 12.2. The van der Waals surface area contributed by atoms with Gasteiger partial charge in [0.1, 0.15) is 22.8 Å². The Morgan fingerprint density at radius 1 is 1.25 bits per heavy atom. The van der Waals surface area contributed by atoms with Crippen LogP contribution in [0.2, 0.25) is 0 Å². The Balaban J connectivity index is 2.23. The van der Waals surface area contributed by atoms with Crippen LogP contribution in [0.1, 0.15) is 0 Å². The molecule has 8 nitrogen and oxygen atoms in total. The minimum Gasteiger partial charge on any atom is -0.495 e. The quantitative estimate of drug-likeness (QED) is 0.528. The van der Waals surface area contributed by atoms with E-state index in [1.54, 1.807) is 0 Å². The molecular weight excluding hydrogens is 341 g/mol. The van der Waals surface area contributed by atoms with Crippen LogP contribution in [0, 0.1) is 15.9 Å². The predicted octanol–water partition coefficient (Wildman–Crippen LogP) is 2.33. The summed E-state index contributed by atoms with van der Waals surface area (Å²) in [5.74, 6) is -0.769. The number of hydrogen-bond donors (Lipinski definition) is 0. The summed E-state index contributed by atoms with van der Waals surface area (Å²) in [5, 5.41) is 10.8. The summed E-state index contributed by atoms with van der Waals surface area (Å²) >= 11 is 0. The van der Waals surface area contributed by atoms with Gasteiger partial charge in [-0.05, 0) is 24.3 Å². The molecular formula is C14H10FN3O5S. The Bertz CT molecular complexity index is 1060. The van der Waals surface area contributed by atoms with Crippen LogP contribution in [0.5, 0.6) is 5.75 Å². The van der Waals surface area contributed by atoms with E-state index in [9.17, 15) is 22.9 Å². The lowest BCUT2D eigenvalue weighted by molar-refractivity contribution is -0.384. The largest absolute Gasteiger partial charge is 0.495 e. The molecule has 0 N–H and O–H groups in total. The predicted molar refractivity (Wildman–Crippen MR) is 81.9 cm³/mol. The Morgan fingerprint density at radius 3 is 2.67 bits per heavy atom. The van der Waals surface area contributed by atoms with Gasteiger partial charge in [0.25, 0.3) is 15.7 Å². The summed E-state index contributed by atoms with van der Waals surface area (Å²) in [6.07, 6.45) is 1.01. The molecule has 124 valence electrons. The molecule has 0 aliphatic carbocycles. The van der Waals surface area contributed by atoms with Gasteiger partial charge in [-0.2, -0.15) is 0 Å². The van der Waals surface area contributed by atoms with Crippen molar-refractivity contribution in [2.45, 2.75) is 4.90 Å². The van der Waals surface area contributed by atoms with Crippen molar-refractivity contribution in [3.63, 3.8) is 0 Å². The van der Waals surface area contributed by atoms with Crippen molar-refractivity contribution in [3.8, 4) is 5.75 Å². The fourth-order valence-electron chi connectivity index (χ4n) is 2.24. The van der Waals surface area contributed by atoms with Gasteiger partial charge in [0.2, 0.25) is 0 Å². The topological polar surface area (TPSA) is 104 Å². The number of benzene rings is 2. The molecule has 0 saturated heterocycles. The number of non-ortho nitro benzene ring substituents is 1. The van der Waals surface area contributed by atoms with Gasteiger partial charge < -0.3 is 4.74 Å². The van der Waals surface area contributed by atoms with E-state index in [1.165, 1.54) is 25.3 Å². The second-order valence-corrected chi connectivity index (χ2v) is 6.55. The van der Waals surface area contributed by atoms with Crippen molar-refractivity contribution in [1.82, 2.24) is 8.96 Å². The summed E-state index contributed by atoms with van der Waals surface area (Å²) in [7, 11) is -2.94. The number of nitrogens with zero attached hydrogens (tertiary/aromatic N) is 3. The number of aromatic nitrogens is 2.